The van der Waals surface area contributed by atoms with Crippen molar-refractivity contribution >= 4 is 11.9 Å². The number of carboxylic acids is 1. The number of aliphatic carboxylic acids is 1. The maximum absolute atomic E-state index is 11.2. The first-order valence-corrected chi connectivity index (χ1v) is 5.18. The molecule has 0 rings (SSSR count). The molecule has 5 heteroatoms. The Balaban J connectivity index is 4.41. The number of aliphatic hydroxyl groups is 1. The second kappa shape index (κ2) is 7.00. The van der Waals surface area contributed by atoms with Crippen LogP contribution in [-0.4, -0.2) is 34.4 Å². The van der Waals surface area contributed by atoms with Crippen molar-refractivity contribution in [2.24, 2.45) is 5.92 Å². The van der Waals surface area contributed by atoms with Crippen LogP contribution in [0.3, 0.4) is 0 Å². The zero-order chi connectivity index (χ0) is 12.7. The van der Waals surface area contributed by atoms with Crippen LogP contribution in [0.2, 0.25) is 0 Å². The third-order valence-corrected chi connectivity index (χ3v) is 2.07. The van der Waals surface area contributed by atoms with E-state index in [9.17, 15) is 14.7 Å². The van der Waals surface area contributed by atoms with Gasteiger partial charge in [-0.2, -0.15) is 0 Å². The summed E-state index contributed by atoms with van der Waals surface area (Å²) in [4.78, 5) is 21.4. The van der Waals surface area contributed by atoms with Crippen LogP contribution in [0.5, 0.6) is 0 Å². The van der Waals surface area contributed by atoms with Gasteiger partial charge in [0.2, 0.25) is 0 Å². The lowest BCUT2D eigenvalue weighted by Crippen LogP contribution is -2.34. The van der Waals surface area contributed by atoms with Crippen molar-refractivity contribution < 1.29 is 24.5 Å². The van der Waals surface area contributed by atoms with E-state index in [2.05, 4.69) is 0 Å². The molecule has 0 amide bonds. The normalized spacial score (nSPS) is 15.1. The Morgan fingerprint density at radius 3 is 2.25 bits per heavy atom. The molecular weight excluding hydrogens is 212 g/mol. The average molecular weight is 230 g/mol. The van der Waals surface area contributed by atoms with E-state index in [-0.39, 0.29) is 5.92 Å². The highest BCUT2D eigenvalue weighted by Gasteiger charge is 2.24. The Morgan fingerprint density at radius 2 is 1.88 bits per heavy atom. The van der Waals surface area contributed by atoms with Gasteiger partial charge in [-0.3, -0.25) is 0 Å². The lowest BCUT2D eigenvalue weighted by atomic mass is 10.00. The monoisotopic (exact) mass is 230 g/mol. The SMILES string of the molecule is CCC(O)C(OC(=O)/C=C/C(=O)O)C(C)C. The van der Waals surface area contributed by atoms with Gasteiger partial charge in [0.15, 0.2) is 0 Å². The Bertz CT molecular complexity index is 270. The van der Waals surface area contributed by atoms with Crippen molar-refractivity contribution in [1.82, 2.24) is 0 Å². The molecule has 0 bridgehead atoms. The molecule has 0 aliphatic heterocycles. The Hall–Kier alpha value is -1.36. The van der Waals surface area contributed by atoms with E-state index < -0.39 is 24.1 Å². The van der Waals surface area contributed by atoms with Gasteiger partial charge in [-0.15, -0.1) is 0 Å². The van der Waals surface area contributed by atoms with Crippen LogP contribution in [0.15, 0.2) is 12.2 Å². The molecule has 0 aromatic heterocycles. The van der Waals surface area contributed by atoms with E-state index in [1.165, 1.54) is 0 Å². The molecule has 92 valence electrons. The second-order valence-electron chi connectivity index (χ2n) is 3.79. The van der Waals surface area contributed by atoms with E-state index in [4.69, 9.17) is 9.84 Å². The summed E-state index contributed by atoms with van der Waals surface area (Å²) in [7, 11) is 0. The van der Waals surface area contributed by atoms with Gasteiger partial charge in [-0.1, -0.05) is 20.8 Å². The summed E-state index contributed by atoms with van der Waals surface area (Å²) in [6.07, 6.45) is 0.662. The summed E-state index contributed by atoms with van der Waals surface area (Å²) in [6, 6.07) is 0. The second-order valence-corrected chi connectivity index (χ2v) is 3.79. The highest BCUT2D eigenvalue weighted by molar-refractivity contribution is 5.90. The maximum atomic E-state index is 11.2. The molecule has 0 heterocycles. The van der Waals surface area contributed by atoms with Gasteiger partial charge in [0.05, 0.1) is 6.10 Å². The quantitative estimate of drug-likeness (QED) is 0.524. The molecule has 0 spiro atoms. The number of rotatable bonds is 6. The van der Waals surface area contributed by atoms with Gasteiger partial charge in [0, 0.05) is 12.2 Å². The predicted molar refractivity (Wildman–Crippen MR) is 57.8 cm³/mol. The van der Waals surface area contributed by atoms with E-state index in [0.717, 1.165) is 6.08 Å². The number of carbonyl (C=O) groups is 2. The topological polar surface area (TPSA) is 83.8 Å². The van der Waals surface area contributed by atoms with Crippen LogP contribution < -0.4 is 0 Å². The molecule has 2 unspecified atom stereocenters. The Kier molecular flexibility index (Phi) is 6.41. The molecule has 0 fully saturated rings. The van der Waals surface area contributed by atoms with Crippen molar-refractivity contribution in [3.8, 4) is 0 Å². The summed E-state index contributed by atoms with van der Waals surface area (Å²) in [5.74, 6) is -2.00. The van der Waals surface area contributed by atoms with E-state index in [1.807, 2.05) is 13.8 Å². The van der Waals surface area contributed by atoms with Crippen molar-refractivity contribution in [1.29, 1.82) is 0 Å². The van der Waals surface area contributed by atoms with Crippen molar-refractivity contribution in [3.05, 3.63) is 12.2 Å². The average Bonchev–Trinajstić information content (AvgIpc) is 2.21. The minimum absolute atomic E-state index is 0.0304. The molecule has 0 aromatic carbocycles. The molecule has 0 aromatic rings. The molecule has 0 saturated carbocycles. The summed E-state index contributed by atoms with van der Waals surface area (Å²) in [5, 5.41) is 17.9. The van der Waals surface area contributed by atoms with Gasteiger partial charge in [0.25, 0.3) is 0 Å². The molecule has 5 nitrogen and oxygen atoms in total. The first-order valence-electron chi connectivity index (χ1n) is 5.18. The largest absolute Gasteiger partial charge is 0.478 e. The van der Waals surface area contributed by atoms with Gasteiger partial charge in [-0.25, -0.2) is 9.59 Å². The number of ether oxygens (including phenoxy) is 1. The summed E-state index contributed by atoms with van der Waals surface area (Å²) in [5.41, 5.74) is 0. The van der Waals surface area contributed by atoms with Gasteiger partial charge >= 0.3 is 11.9 Å². The highest BCUT2D eigenvalue weighted by atomic mass is 16.6. The molecule has 0 radical (unpaired) electrons. The maximum Gasteiger partial charge on any atom is 0.331 e. The number of hydrogen-bond acceptors (Lipinski definition) is 4. The fourth-order valence-electron chi connectivity index (χ4n) is 1.20. The Morgan fingerprint density at radius 1 is 1.31 bits per heavy atom. The number of esters is 1. The van der Waals surface area contributed by atoms with Gasteiger partial charge < -0.3 is 14.9 Å². The third kappa shape index (κ3) is 5.50. The van der Waals surface area contributed by atoms with Crippen LogP contribution >= 0.6 is 0 Å². The van der Waals surface area contributed by atoms with Crippen molar-refractivity contribution in [2.75, 3.05) is 0 Å². The van der Waals surface area contributed by atoms with Gasteiger partial charge in [0.1, 0.15) is 6.10 Å². The Labute approximate surface area is 94.7 Å². The van der Waals surface area contributed by atoms with Crippen LogP contribution in [0.1, 0.15) is 27.2 Å². The van der Waals surface area contributed by atoms with Crippen LogP contribution in [0.25, 0.3) is 0 Å². The summed E-state index contributed by atoms with van der Waals surface area (Å²) >= 11 is 0. The standard InChI is InChI=1S/C11H18O5/c1-4-8(12)11(7(2)3)16-10(15)6-5-9(13)14/h5-8,11-12H,4H2,1-3H3,(H,13,14)/b6-5+. The first kappa shape index (κ1) is 14.6. The van der Waals surface area contributed by atoms with E-state index in [0.29, 0.717) is 12.5 Å². The number of aliphatic hydroxyl groups excluding tert-OH is 1. The minimum Gasteiger partial charge on any atom is -0.478 e. The van der Waals surface area contributed by atoms with Gasteiger partial charge in [-0.05, 0) is 12.3 Å². The zero-order valence-electron chi connectivity index (χ0n) is 9.71. The fraction of sp³-hybridized carbons (Fsp3) is 0.636. The fourth-order valence-corrected chi connectivity index (χ4v) is 1.20. The first-order chi connectivity index (χ1) is 7.38. The van der Waals surface area contributed by atoms with Crippen LogP contribution in [0, 0.1) is 5.92 Å². The van der Waals surface area contributed by atoms with Crippen LogP contribution in [-0.2, 0) is 14.3 Å². The van der Waals surface area contributed by atoms with Crippen molar-refractivity contribution in [2.45, 2.75) is 39.4 Å². The predicted octanol–water partition coefficient (Wildman–Crippen LogP) is 0.966. The molecule has 2 atom stereocenters. The molecule has 16 heavy (non-hydrogen) atoms. The zero-order valence-corrected chi connectivity index (χ0v) is 9.71. The number of carbonyl (C=O) groups excluding carboxylic acids is 1. The van der Waals surface area contributed by atoms with Crippen LogP contribution in [0.4, 0.5) is 0 Å². The summed E-state index contributed by atoms with van der Waals surface area (Å²) in [6.45, 7) is 5.41. The summed E-state index contributed by atoms with van der Waals surface area (Å²) < 4.78 is 4.98. The van der Waals surface area contributed by atoms with E-state index >= 15 is 0 Å². The molecule has 0 saturated heterocycles. The molecule has 0 aliphatic rings. The molecule has 0 aliphatic carbocycles. The lowest BCUT2D eigenvalue weighted by Gasteiger charge is -2.24. The molecule has 2 N–H and O–H groups in total. The highest BCUT2D eigenvalue weighted by Crippen LogP contribution is 2.14. The van der Waals surface area contributed by atoms with E-state index in [1.54, 1.807) is 6.92 Å². The smallest absolute Gasteiger partial charge is 0.331 e. The lowest BCUT2D eigenvalue weighted by molar-refractivity contribution is -0.152. The number of carboxylic acid groups (broad SMARTS) is 1. The van der Waals surface area contributed by atoms with Crippen molar-refractivity contribution in [3.63, 3.8) is 0 Å². The number of hydrogen-bond donors (Lipinski definition) is 2. The minimum atomic E-state index is -1.21. The molecular formula is C11H18O5. The third-order valence-electron chi connectivity index (χ3n) is 2.07.